The second kappa shape index (κ2) is 7.33. The molecule has 1 aliphatic rings. The summed E-state index contributed by atoms with van der Waals surface area (Å²) >= 11 is 0. The predicted molar refractivity (Wildman–Crippen MR) is 79.6 cm³/mol. The molecule has 2 atom stereocenters. The van der Waals surface area contributed by atoms with Crippen LogP contribution in [0.1, 0.15) is 79.1 Å². The summed E-state index contributed by atoms with van der Waals surface area (Å²) in [6, 6.07) is 0. The van der Waals surface area contributed by atoms with Gasteiger partial charge < -0.3 is 5.11 Å². The first kappa shape index (κ1) is 15.8. The molecule has 1 rings (SSSR count). The van der Waals surface area contributed by atoms with Crippen molar-refractivity contribution in [2.45, 2.75) is 85.2 Å². The summed E-state index contributed by atoms with van der Waals surface area (Å²) in [5.41, 5.74) is 1.68. The fraction of sp³-hybridized carbons (Fsp3) is 0.882. The molecular weight excluding hydrogens is 220 g/mol. The van der Waals surface area contributed by atoms with Crippen LogP contribution >= 0.6 is 0 Å². The van der Waals surface area contributed by atoms with Crippen LogP contribution in [0.25, 0.3) is 0 Å². The Morgan fingerprint density at radius 2 is 1.83 bits per heavy atom. The van der Waals surface area contributed by atoms with Gasteiger partial charge >= 0.3 is 0 Å². The van der Waals surface area contributed by atoms with E-state index in [1.807, 2.05) is 0 Å². The van der Waals surface area contributed by atoms with E-state index in [0.717, 1.165) is 12.8 Å². The molecule has 106 valence electrons. The Bertz CT molecular complexity index is 259. The fourth-order valence-corrected chi connectivity index (χ4v) is 3.18. The molecule has 0 aromatic rings. The zero-order valence-corrected chi connectivity index (χ0v) is 12.8. The SMILES string of the molecule is CC(CC(O)C1=CCCCCCC1)CC(C)(C)C. The van der Waals surface area contributed by atoms with Crippen molar-refractivity contribution < 1.29 is 5.11 Å². The molecule has 0 heterocycles. The van der Waals surface area contributed by atoms with E-state index in [-0.39, 0.29) is 6.10 Å². The fourth-order valence-electron chi connectivity index (χ4n) is 3.18. The van der Waals surface area contributed by atoms with Gasteiger partial charge in [0.1, 0.15) is 0 Å². The summed E-state index contributed by atoms with van der Waals surface area (Å²) in [4.78, 5) is 0. The summed E-state index contributed by atoms with van der Waals surface area (Å²) in [6.07, 6.45) is 11.8. The third-order valence-corrected chi connectivity index (χ3v) is 3.84. The molecule has 2 unspecified atom stereocenters. The van der Waals surface area contributed by atoms with Gasteiger partial charge in [0.2, 0.25) is 0 Å². The molecule has 1 nitrogen and oxygen atoms in total. The number of hydrogen-bond donors (Lipinski definition) is 1. The molecule has 18 heavy (non-hydrogen) atoms. The van der Waals surface area contributed by atoms with E-state index < -0.39 is 0 Å². The average Bonchev–Trinajstić information content (AvgIpc) is 2.12. The first-order valence-electron chi connectivity index (χ1n) is 7.75. The van der Waals surface area contributed by atoms with Gasteiger partial charge in [0.05, 0.1) is 6.10 Å². The van der Waals surface area contributed by atoms with Crippen LogP contribution in [0.3, 0.4) is 0 Å². The van der Waals surface area contributed by atoms with Crippen molar-refractivity contribution in [3.05, 3.63) is 11.6 Å². The maximum atomic E-state index is 10.4. The van der Waals surface area contributed by atoms with E-state index in [0.29, 0.717) is 11.3 Å². The number of aliphatic hydroxyl groups is 1. The Kier molecular flexibility index (Phi) is 6.42. The highest BCUT2D eigenvalue weighted by molar-refractivity contribution is 5.09. The Morgan fingerprint density at radius 1 is 1.17 bits per heavy atom. The largest absolute Gasteiger partial charge is 0.389 e. The highest BCUT2D eigenvalue weighted by Crippen LogP contribution is 2.29. The number of rotatable bonds is 4. The predicted octanol–water partition coefficient (Wildman–Crippen LogP) is 5.09. The van der Waals surface area contributed by atoms with Gasteiger partial charge in [0.15, 0.2) is 0 Å². The minimum Gasteiger partial charge on any atom is -0.389 e. The molecule has 1 heteroatoms. The van der Waals surface area contributed by atoms with Crippen LogP contribution in [0.4, 0.5) is 0 Å². The lowest BCUT2D eigenvalue weighted by Gasteiger charge is -2.26. The molecule has 0 bridgehead atoms. The second-order valence-electron chi connectivity index (χ2n) is 7.35. The first-order valence-corrected chi connectivity index (χ1v) is 7.75. The van der Waals surface area contributed by atoms with E-state index in [4.69, 9.17) is 0 Å². The molecule has 0 radical (unpaired) electrons. The monoisotopic (exact) mass is 252 g/mol. The van der Waals surface area contributed by atoms with E-state index in [1.54, 1.807) is 0 Å². The molecular formula is C17H32O. The lowest BCUT2D eigenvalue weighted by atomic mass is 9.82. The molecule has 0 fully saturated rings. The molecule has 0 spiro atoms. The van der Waals surface area contributed by atoms with Gasteiger partial charge in [-0.25, -0.2) is 0 Å². The maximum absolute atomic E-state index is 10.4. The van der Waals surface area contributed by atoms with Crippen LogP contribution in [0.2, 0.25) is 0 Å². The molecule has 0 amide bonds. The first-order chi connectivity index (χ1) is 8.38. The van der Waals surface area contributed by atoms with Crippen molar-refractivity contribution in [2.24, 2.45) is 11.3 Å². The maximum Gasteiger partial charge on any atom is 0.0752 e. The van der Waals surface area contributed by atoms with Crippen LogP contribution in [0, 0.1) is 11.3 Å². The smallest absolute Gasteiger partial charge is 0.0752 e. The molecule has 0 saturated carbocycles. The van der Waals surface area contributed by atoms with Crippen LogP contribution in [0.15, 0.2) is 11.6 Å². The quantitative estimate of drug-likeness (QED) is 0.691. The van der Waals surface area contributed by atoms with Crippen molar-refractivity contribution in [1.82, 2.24) is 0 Å². The molecule has 0 aliphatic heterocycles. The van der Waals surface area contributed by atoms with Gasteiger partial charge in [-0.1, -0.05) is 46.6 Å². The lowest BCUT2D eigenvalue weighted by molar-refractivity contribution is 0.158. The minimum atomic E-state index is -0.194. The van der Waals surface area contributed by atoms with Gasteiger partial charge in [-0.2, -0.15) is 0 Å². The Balaban J connectivity index is 2.45. The zero-order valence-electron chi connectivity index (χ0n) is 12.8. The molecule has 1 aliphatic carbocycles. The van der Waals surface area contributed by atoms with E-state index in [1.165, 1.54) is 44.1 Å². The Morgan fingerprint density at radius 3 is 2.50 bits per heavy atom. The van der Waals surface area contributed by atoms with Crippen LogP contribution in [-0.2, 0) is 0 Å². The molecule has 0 saturated heterocycles. The summed E-state index contributed by atoms with van der Waals surface area (Å²) in [5, 5.41) is 10.4. The van der Waals surface area contributed by atoms with Crippen molar-refractivity contribution >= 4 is 0 Å². The number of aliphatic hydroxyl groups excluding tert-OH is 1. The minimum absolute atomic E-state index is 0.194. The van der Waals surface area contributed by atoms with Crippen molar-refractivity contribution in [1.29, 1.82) is 0 Å². The van der Waals surface area contributed by atoms with Gasteiger partial charge in [0, 0.05) is 0 Å². The second-order valence-corrected chi connectivity index (χ2v) is 7.35. The molecule has 1 N–H and O–H groups in total. The zero-order chi connectivity index (χ0) is 13.6. The number of allylic oxidation sites excluding steroid dienone is 1. The molecule has 0 aromatic heterocycles. The van der Waals surface area contributed by atoms with Gasteiger partial charge in [-0.05, 0) is 55.4 Å². The summed E-state index contributed by atoms with van der Waals surface area (Å²) in [7, 11) is 0. The van der Waals surface area contributed by atoms with E-state index in [9.17, 15) is 5.11 Å². The summed E-state index contributed by atoms with van der Waals surface area (Å²) in [6.45, 7) is 9.12. The topological polar surface area (TPSA) is 20.2 Å². The number of hydrogen-bond acceptors (Lipinski definition) is 1. The normalized spacial score (nSPS) is 21.7. The highest BCUT2D eigenvalue weighted by Gasteiger charge is 2.20. The van der Waals surface area contributed by atoms with Gasteiger partial charge in [-0.3, -0.25) is 0 Å². The summed E-state index contributed by atoms with van der Waals surface area (Å²) in [5.74, 6) is 0.603. The third kappa shape index (κ3) is 6.58. The van der Waals surface area contributed by atoms with E-state index in [2.05, 4.69) is 33.8 Å². The van der Waals surface area contributed by atoms with Crippen LogP contribution < -0.4 is 0 Å². The Hall–Kier alpha value is -0.300. The van der Waals surface area contributed by atoms with Gasteiger partial charge in [-0.15, -0.1) is 0 Å². The van der Waals surface area contributed by atoms with Crippen LogP contribution in [0.5, 0.6) is 0 Å². The average molecular weight is 252 g/mol. The van der Waals surface area contributed by atoms with E-state index >= 15 is 0 Å². The standard InChI is InChI=1S/C17H32O/c1-14(13-17(2,3)4)12-16(18)15-10-8-6-5-7-9-11-15/h10,14,16,18H,5-9,11-13H2,1-4H3. The highest BCUT2D eigenvalue weighted by atomic mass is 16.3. The van der Waals surface area contributed by atoms with Crippen molar-refractivity contribution in [2.75, 3.05) is 0 Å². The third-order valence-electron chi connectivity index (χ3n) is 3.84. The summed E-state index contributed by atoms with van der Waals surface area (Å²) < 4.78 is 0. The van der Waals surface area contributed by atoms with Crippen molar-refractivity contribution in [3.8, 4) is 0 Å². The van der Waals surface area contributed by atoms with Crippen LogP contribution in [-0.4, -0.2) is 11.2 Å². The van der Waals surface area contributed by atoms with Gasteiger partial charge in [0.25, 0.3) is 0 Å². The molecule has 0 aromatic carbocycles. The van der Waals surface area contributed by atoms with Crippen molar-refractivity contribution in [3.63, 3.8) is 0 Å². The Labute approximate surface area is 114 Å². The lowest BCUT2D eigenvalue weighted by Crippen LogP contribution is -2.19.